The standard InChI is InChI=1S/C13H23N5O3S2/c1-3-23(20,21)18-7-4-5-11(9-18)12(19)14-6-8-22-13-15-10(2)16-17-13/h11H,3-9H2,1-2H3,(H,14,19)(H,15,16,17)/t11-/m1/s1. The number of sulfonamides is 1. The molecule has 0 saturated carbocycles. The molecule has 1 fully saturated rings. The van der Waals surface area contributed by atoms with E-state index in [4.69, 9.17) is 0 Å². The van der Waals surface area contributed by atoms with Crippen LogP contribution < -0.4 is 5.32 Å². The number of amides is 1. The SMILES string of the molecule is CCS(=O)(=O)N1CCC[C@@H](C(=O)NCCSc2n[nH]c(C)n2)C1. The fourth-order valence-electron chi connectivity index (χ4n) is 2.44. The number of hydrogen-bond donors (Lipinski definition) is 2. The molecule has 1 aromatic rings. The van der Waals surface area contributed by atoms with Crippen LogP contribution in [-0.2, 0) is 14.8 Å². The first kappa shape index (κ1) is 18.2. The number of rotatable bonds is 7. The summed E-state index contributed by atoms with van der Waals surface area (Å²) in [4.78, 5) is 16.4. The van der Waals surface area contributed by atoms with Crippen molar-refractivity contribution in [3.63, 3.8) is 0 Å². The molecule has 130 valence electrons. The molecule has 0 bridgehead atoms. The Morgan fingerprint density at radius 3 is 2.96 bits per heavy atom. The van der Waals surface area contributed by atoms with Gasteiger partial charge in [0.05, 0.1) is 11.7 Å². The maximum absolute atomic E-state index is 12.2. The maximum Gasteiger partial charge on any atom is 0.224 e. The predicted octanol–water partition coefficient (Wildman–Crippen LogP) is 0.383. The van der Waals surface area contributed by atoms with Gasteiger partial charge in [-0.3, -0.25) is 9.89 Å². The first-order chi connectivity index (χ1) is 10.9. The summed E-state index contributed by atoms with van der Waals surface area (Å²) in [5, 5.41) is 10.3. The number of nitrogens with one attached hydrogen (secondary N) is 2. The smallest absolute Gasteiger partial charge is 0.224 e. The highest BCUT2D eigenvalue weighted by Gasteiger charge is 2.31. The van der Waals surface area contributed by atoms with E-state index in [1.807, 2.05) is 6.92 Å². The molecule has 2 N–H and O–H groups in total. The van der Waals surface area contributed by atoms with E-state index in [1.165, 1.54) is 16.1 Å². The van der Waals surface area contributed by atoms with Crippen LogP contribution in [-0.4, -0.2) is 65.0 Å². The minimum absolute atomic E-state index is 0.0761. The molecule has 8 nitrogen and oxygen atoms in total. The summed E-state index contributed by atoms with van der Waals surface area (Å²) in [7, 11) is -3.22. The second-order valence-electron chi connectivity index (χ2n) is 5.44. The van der Waals surface area contributed by atoms with Crippen LogP contribution in [0.15, 0.2) is 5.16 Å². The average molecular weight is 361 g/mol. The van der Waals surface area contributed by atoms with Crippen LogP contribution in [0.1, 0.15) is 25.6 Å². The molecular formula is C13H23N5O3S2. The Morgan fingerprint density at radius 2 is 2.30 bits per heavy atom. The van der Waals surface area contributed by atoms with E-state index in [9.17, 15) is 13.2 Å². The highest BCUT2D eigenvalue weighted by Crippen LogP contribution is 2.19. The zero-order chi connectivity index (χ0) is 16.9. The van der Waals surface area contributed by atoms with Crippen LogP contribution in [0.25, 0.3) is 0 Å². The average Bonchev–Trinajstić information content (AvgIpc) is 2.97. The monoisotopic (exact) mass is 361 g/mol. The highest BCUT2D eigenvalue weighted by atomic mass is 32.2. The normalized spacial score (nSPS) is 19.7. The number of nitrogens with zero attached hydrogens (tertiary/aromatic N) is 3. The second-order valence-corrected chi connectivity index (χ2v) is 8.76. The minimum Gasteiger partial charge on any atom is -0.355 e. The van der Waals surface area contributed by atoms with Crippen molar-refractivity contribution < 1.29 is 13.2 Å². The second kappa shape index (κ2) is 8.11. The molecule has 1 atom stereocenters. The predicted molar refractivity (Wildman–Crippen MR) is 88.6 cm³/mol. The van der Waals surface area contributed by atoms with Crippen LogP contribution in [0.4, 0.5) is 0 Å². The van der Waals surface area contributed by atoms with Crippen molar-refractivity contribution in [1.82, 2.24) is 24.8 Å². The van der Waals surface area contributed by atoms with E-state index in [1.54, 1.807) is 6.92 Å². The highest BCUT2D eigenvalue weighted by molar-refractivity contribution is 7.99. The molecule has 1 aliphatic heterocycles. The van der Waals surface area contributed by atoms with E-state index in [0.717, 1.165) is 18.7 Å². The molecule has 1 aliphatic rings. The fourth-order valence-corrected chi connectivity index (χ4v) is 4.32. The summed E-state index contributed by atoms with van der Waals surface area (Å²) in [6.45, 7) is 4.77. The molecule has 0 unspecified atom stereocenters. The quantitative estimate of drug-likeness (QED) is 0.537. The number of H-pyrrole nitrogens is 1. The summed E-state index contributed by atoms with van der Waals surface area (Å²) < 4.78 is 25.3. The van der Waals surface area contributed by atoms with Crippen molar-refractivity contribution in [1.29, 1.82) is 0 Å². The lowest BCUT2D eigenvalue weighted by molar-refractivity contribution is -0.125. The third-order valence-electron chi connectivity index (χ3n) is 3.72. The Kier molecular flexibility index (Phi) is 6.42. The van der Waals surface area contributed by atoms with Crippen molar-refractivity contribution >= 4 is 27.7 Å². The first-order valence-electron chi connectivity index (χ1n) is 7.69. The molecule has 0 aliphatic carbocycles. The molecule has 0 aromatic carbocycles. The van der Waals surface area contributed by atoms with Crippen LogP contribution >= 0.6 is 11.8 Å². The van der Waals surface area contributed by atoms with Crippen LogP contribution in [0.5, 0.6) is 0 Å². The van der Waals surface area contributed by atoms with Gasteiger partial charge in [-0.2, -0.15) is 0 Å². The Labute approximate surface area is 140 Å². The lowest BCUT2D eigenvalue weighted by atomic mass is 9.99. The summed E-state index contributed by atoms with van der Waals surface area (Å²) in [5.41, 5.74) is 0. The first-order valence-corrected chi connectivity index (χ1v) is 10.3. The Hall–Kier alpha value is -1.13. The van der Waals surface area contributed by atoms with Gasteiger partial charge in [-0.1, -0.05) is 11.8 Å². The molecule has 2 rings (SSSR count). The molecule has 1 saturated heterocycles. The molecule has 1 amide bonds. The molecule has 1 aromatic heterocycles. The maximum atomic E-state index is 12.2. The number of aromatic nitrogens is 3. The Morgan fingerprint density at radius 1 is 1.52 bits per heavy atom. The van der Waals surface area contributed by atoms with E-state index < -0.39 is 10.0 Å². The topological polar surface area (TPSA) is 108 Å². The van der Waals surface area contributed by atoms with Gasteiger partial charge in [0.1, 0.15) is 5.82 Å². The van der Waals surface area contributed by atoms with Crippen LogP contribution in [0.3, 0.4) is 0 Å². The van der Waals surface area contributed by atoms with E-state index in [2.05, 4.69) is 20.5 Å². The Bertz CT molecular complexity index is 631. The third-order valence-corrected chi connectivity index (χ3v) is 6.42. The number of piperidine rings is 1. The lowest BCUT2D eigenvalue weighted by Gasteiger charge is -2.30. The van der Waals surface area contributed by atoms with E-state index >= 15 is 0 Å². The largest absolute Gasteiger partial charge is 0.355 e. The number of aromatic amines is 1. The number of carbonyl (C=O) groups excluding carboxylic acids is 1. The molecule has 0 radical (unpaired) electrons. The third kappa shape index (κ3) is 5.18. The summed E-state index contributed by atoms with van der Waals surface area (Å²) in [6.07, 6.45) is 1.46. The van der Waals surface area contributed by atoms with E-state index in [-0.39, 0.29) is 24.1 Å². The molecule has 0 spiro atoms. The van der Waals surface area contributed by atoms with Gasteiger partial charge in [0.2, 0.25) is 21.1 Å². The molecule has 2 heterocycles. The van der Waals surface area contributed by atoms with Gasteiger partial charge in [0.25, 0.3) is 0 Å². The molecular weight excluding hydrogens is 338 g/mol. The van der Waals surface area contributed by atoms with Crippen LogP contribution in [0.2, 0.25) is 0 Å². The van der Waals surface area contributed by atoms with Crippen LogP contribution in [0, 0.1) is 12.8 Å². The van der Waals surface area contributed by atoms with Gasteiger partial charge >= 0.3 is 0 Å². The van der Waals surface area contributed by atoms with Gasteiger partial charge < -0.3 is 5.32 Å². The van der Waals surface area contributed by atoms with Crippen molar-refractivity contribution in [3.8, 4) is 0 Å². The summed E-state index contributed by atoms with van der Waals surface area (Å²) >= 11 is 1.46. The summed E-state index contributed by atoms with van der Waals surface area (Å²) in [5.74, 6) is 1.17. The number of thioether (sulfide) groups is 1. The van der Waals surface area contributed by atoms with Crippen molar-refractivity contribution in [2.75, 3.05) is 31.1 Å². The minimum atomic E-state index is -3.22. The number of hydrogen-bond acceptors (Lipinski definition) is 6. The van der Waals surface area contributed by atoms with Gasteiger partial charge in [-0.05, 0) is 26.7 Å². The fraction of sp³-hybridized carbons (Fsp3) is 0.769. The van der Waals surface area contributed by atoms with Crippen molar-refractivity contribution in [2.24, 2.45) is 5.92 Å². The number of carbonyl (C=O) groups is 1. The van der Waals surface area contributed by atoms with Gasteiger partial charge in [0.15, 0.2) is 0 Å². The molecule has 10 heteroatoms. The number of aryl methyl sites for hydroxylation is 1. The lowest BCUT2D eigenvalue weighted by Crippen LogP contribution is -2.46. The van der Waals surface area contributed by atoms with Gasteiger partial charge in [0, 0.05) is 25.4 Å². The summed E-state index contributed by atoms with van der Waals surface area (Å²) in [6, 6.07) is 0. The molecule has 23 heavy (non-hydrogen) atoms. The zero-order valence-corrected chi connectivity index (χ0v) is 15.0. The van der Waals surface area contributed by atoms with Gasteiger partial charge in [-0.25, -0.2) is 17.7 Å². The van der Waals surface area contributed by atoms with Crippen molar-refractivity contribution in [3.05, 3.63) is 5.82 Å². The van der Waals surface area contributed by atoms with Crippen molar-refractivity contribution in [2.45, 2.75) is 31.8 Å². The van der Waals surface area contributed by atoms with E-state index in [0.29, 0.717) is 24.0 Å². The zero-order valence-electron chi connectivity index (χ0n) is 13.4. The van der Waals surface area contributed by atoms with Gasteiger partial charge in [-0.15, -0.1) is 5.10 Å². The Balaban J connectivity index is 1.74.